The molecule has 1 heterocycles. The van der Waals surface area contributed by atoms with Gasteiger partial charge >= 0.3 is 0 Å². The molecule has 0 aliphatic rings. The minimum Gasteiger partial charge on any atom is -0.497 e. The highest BCUT2D eigenvalue weighted by molar-refractivity contribution is 7.91. The summed E-state index contributed by atoms with van der Waals surface area (Å²) in [6, 6.07) is 12.2. The molecule has 2 aromatic carbocycles. The van der Waals surface area contributed by atoms with Crippen LogP contribution in [0.5, 0.6) is 5.75 Å². The molecule has 0 unspecified atom stereocenters. The number of carbonyl (C=O) groups is 1. The Morgan fingerprint density at radius 2 is 1.81 bits per heavy atom. The maximum Gasteiger partial charge on any atom is 0.229 e. The van der Waals surface area contributed by atoms with E-state index in [9.17, 15) is 13.2 Å². The predicted octanol–water partition coefficient (Wildman–Crippen LogP) is 3.37. The first kappa shape index (κ1) is 23.2. The van der Waals surface area contributed by atoms with E-state index in [1.807, 2.05) is 44.1 Å². The molecule has 0 aliphatic heterocycles. The van der Waals surface area contributed by atoms with E-state index in [0.29, 0.717) is 24.0 Å². The summed E-state index contributed by atoms with van der Waals surface area (Å²) in [6.45, 7) is 3.09. The van der Waals surface area contributed by atoms with Gasteiger partial charge in [0.2, 0.25) is 5.91 Å². The molecular weight excluding hydrogens is 434 g/mol. The molecule has 1 amide bonds. The van der Waals surface area contributed by atoms with Crippen molar-refractivity contribution in [1.82, 2.24) is 9.88 Å². The van der Waals surface area contributed by atoms with Gasteiger partial charge in [-0.1, -0.05) is 17.4 Å². The highest BCUT2D eigenvalue weighted by Crippen LogP contribution is 2.30. The molecule has 0 aliphatic carbocycles. The van der Waals surface area contributed by atoms with Crippen LogP contribution in [0, 0.1) is 6.92 Å². The zero-order chi connectivity index (χ0) is 22.6. The Bertz CT molecular complexity index is 1160. The van der Waals surface area contributed by atoms with Crippen LogP contribution in [0.4, 0.5) is 5.13 Å². The Balaban J connectivity index is 1.78. The molecule has 0 radical (unpaired) electrons. The molecule has 0 fully saturated rings. The van der Waals surface area contributed by atoms with Gasteiger partial charge in [-0.25, -0.2) is 13.4 Å². The number of rotatable bonds is 9. The minimum absolute atomic E-state index is 0.114. The third kappa shape index (κ3) is 5.81. The predicted molar refractivity (Wildman–Crippen MR) is 125 cm³/mol. The average molecular weight is 462 g/mol. The monoisotopic (exact) mass is 461 g/mol. The number of likely N-dealkylation sites (N-methyl/N-ethyl adjacent to an activating group) is 1. The SMILES string of the molecule is COc1ccc(S(=O)(=O)CCC(=O)N(CCN(C)C)c2nc3ccc(C)cc3s2)cc1. The Morgan fingerprint density at radius 3 is 2.45 bits per heavy atom. The number of aromatic nitrogens is 1. The number of ether oxygens (including phenoxy) is 1. The Kier molecular flexibility index (Phi) is 7.30. The normalized spacial score (nSPS) is 11.8. The molecule has 7 nitrogen and oxygen atoms in total. The number of aryl methyl sites for hydroxylation is 1. The zero-order valence-electron chi connectivity index (χ0n) is 18.2. The van der Waals surface area contributed by atoms with Crippen LogP contribution in [0.3, 0.4) is 0 Å². The van der Waals surface area contributed by atoms with Gasteiger partial charge in [0, 0.05) is 19.5 Å². The Morgan fingerprint density at radius 1 is 1.10 bits per heavy atom. The van der Waals surface area contributed by atoms with E-state index in [1.165, 1.54) is 30.6 Å². The lowest BCUT2D eigenvalue weighted by atomic mass is 10.2. The fourth-order valence-electron chi connectivity index (χ4n) is 3.02. The summed E-state index contributed by atoms with van der Waals surface area (Å²) in [5.74, 6) is 0.0614. The smallest absolute Gasteiger partial charge is 0.229 e. The lowest BCUT2D eigenvalue weighted by Crippen LogP contribution is -2.37. The van der Waals surface area contributed by atoms with E-state index in [-0.39, 0.29) is 23.0 Å². The van der Waals surface area contributed by atoms with Crippen molar-refractivity contribution < 1.29 is 17.9 Å². The third-order valence-electron chi connectivity index (χ3n) is 4.84. The van der Waals surface area contributed by atoms with Crippen LogP contribution in [0.1, 0.15) is 12.0 Å². The maximum atomic E-state index is 13.1. The fraction of sp³-hybridized carbons (Fsp3) is 0.364. The van der Waals surface area contributed by atoms with Crippen LogP contribution in [0.25, 0.3) is 10.2 Å². The standard InChI is InChI=1S/C22H27N3O4S2/c1-16-5-10-19-20(15-16)30-22(23-19)25(13-12-24(2)3)21(26)11-14-31(27,28)18-8-6-17(29-4)7-9-18/h5-10,15H,11-14H2,1-4H3. The number of hydrogen-bond acceptors (Lipinski definition) is 7. The second-order valence-electron chi connectivity index (χ2n) is 7.56. The molecule has 0 saturated carbocycles. The van der Waals surface area contributed by atoms with Crippen molar-refractivity contribution in [2.24, 2.45) is 0 Å². The number of carbonyl (C=O) groups excluding carboxylic acids is 1. The summed E-state index contributed by atoms with van der Waals surface area (Å²) in [6.07, 6.45) is -0.114. The zero-order valence-corrected chi connectivity index (χ0v) is 19.8. The number of methoxy groups -OCH3 is 1. The van der Waals surface area contributed by atoms with E-state index in [2.05, 4.69) is 4.98 Å². The number of anilines is 1. The highest BCUT2D eigenvalue weighted by atomic mass is 32.2. The van der Waals surface area contributed by atoms with E-state index < -0.39 is 9.84 Å². The van der Waals surface area contributed by atoms with Gasteiger partial charge in [0.25, 0.3) is 0 Å². The number of hydrogen-bond donors (Lipinski definition) is 0. The van der Waals surface area contributed by atoms with Crippen molar-refractivity contribution in [2.45, 2.75) is 18.2 Å². The molecule has 0 spiro atoms. The van der Waals surface area contributed by atoms with Crippen molar-refractivity contribution in [2.75, 3.05) is 44.9 Å². The molecule has 0 bridgehead atoms. The molecule has 31 heavy (non-hydrogen) atoms. The number of nitrogens with zero attached hydrogens (tertiary/aromatic N) is 3. The van der Waals surface area contributed by atoms with Crippen LogP contribution in [0.15, 0.2) is 47.4 Å². The number of benzene rings is 2. The van der Waals surface area contributed by atoms with E-state index in [1.54, 1.807) is 17.0 Å². The van der Waals surface area contributed by atoms with Gasteiger partial charge in [0.05, 0.1) is 28.0 Å². The topological polar surface area (TPSA) is 79.8 Å². The first-order valence-corrected chi connectivity index (χ1v) is 12.4. The van der Waals surface area contributed by atoms with Crippen molar-refractivity contribution in [3.63, 3.8) is 0 Å². The molecule has 9 heteroatoms. The largest absolute Gasteiger partial charge is 0.497 e. The third-order valence-corrected chi connectivity index (χ3v) is 7.61. The van der Waals surface area contributed by atoms with Gasteiger partial charge in [-0.15, -0.1) is 0 Å². The van der Waals surface area contributed by atoms with Crippen LogP contribution < -0.4 is 9.64 Å². The van der Waals surface area contributed by atoms with Crippen LogP contribution in [-0.2, 0) is 14.6 Å². The van der Waals surface area contributed by atoms with Crippen molar-refractivity contribution >= 4 is 42.4 Å². The van der Waals surface area contributed by atoms with Crippen molar-refractivity contribution in [3.8, 4) is 5.75 Å². The quantitative estimate of drug-likeness (QED) is 0.486. The molecule has 3 rings (SSSR count). The van der Waals surface area contributed by atoms with Crippen LogP contribution in [0.2, 0.25) is 0 Å². The number of amides is 1. The lowest BCUT2D eigenvalue weighted by Gasteiger charge is -2.22. The number of sulfone groups is 1. The van der Waals surface area contributed by atoms with E-state index in [0.717, 1.165) is 15.8 Å². The van der Waals surface area contributed by atoms with Crippen LogP contribution >= 0.6 is 11.3 Å². The molecule has 166 valence electrons. The Hall–Kier alpha value is -2.49. The van der Waals surface area contributed by atoms with Gasteiger partial charge in [-0.2, -0.15) is 0 Å². The van der Waals surface area contributed by atoms with Gasteiger partial charge < -0.3 is 9.64 Å². The van der Waals surface area contributed by atoms with Gasteiger partial charge in [-0.05, 0) is 63.0 Å². The minimum atomic E-state index is -3.59. The summed E-state index contributed by atoms with van der Waals surface area (Å²) >= 11 is 1.45. The van der Waals surface area contributed by atoms with Crippen molar-refractivity contribution in [3.05, 3.63) is 48.0 Å². The number of fused-ring (bicyclic) bond motifs is 1. The lowest BCUT2D eigenvalue weighted by molar-refractivity contribution is -0.118. The molecule has 1 aromatic heterocycles. The van der Waals surface area contributed by atoms with Gasteiger partial charge in [0.1, 0.15) is 5.75 Å². The van der Waals surface area contributed by atoms with Gasteiger partial charge in [0.15, 0.2) is 15.0 Å². The van der Waals surface area contributed by atoms with E-state index >= 15 is 0 Å². The molecule has 3 aromatic rings. The second-order valence-corrected chi connectivity index (χ2v) is 10.7. The fourth-order valence-corrected chi connectivity index (χ4v) is 5.36. The Labute approximate surface area is 187 Å². The molecule has 0 N–H and O–H groups in total. The first-order valence-electron chi connectivity index (χ1n) is 9.89. The molecule has 0 atom stereocenters. The molecule has 0 saturated heterocycles. The second kappa shape index (κ2) is 9.76. The summed E-state index contributed by atoms with van der Waals surface area (Å²) in [5, 5.41) is 0.592. The van der Waals surface area contributed by atoms with E-state index in [4.69, 9.17) is 4.74 Å². The van der Waals surface area contributed by atoms with Crippen LogP contribution in [-0.4, -0.2) is 64.3 Å². The summed E-state index contributed by atoms with van der Waals surface area (Å²) in [5.41, 5.74) is 1.96. The van der Waals surface area contributed by atoms with Crippen molar-refractivity contribution in [1.29, 1.82) is 0 Å². The average Bonchev–Trinajstić information content (AvgIpc) is 3.15. The molecular formula is C22H27N3O4S2. The number of thiazole rings is 1. The summed E-state index contributed by atoms with van der Waals surface area (Å²) < 4.78 is 31.5. The van der Waals surface area contributed by atoms with Gasteiger partial charge in [-0.3, -0.25) is 9.69 Å². The maximum absolute atomic E-state index is 13.1. The first-order chi connectivity index (χ1) is 14.7. The summed E-state index contributed by atoms with van der Waals surface area (Å²) in [4.78, 5) is 21.4. The summed E-state index contributed by atoms with van der Waals surface area (Å²) in [7, 11) is 1.79. The highest BCUT2D eigenvalue weighted by Gasteiger charge is 2.23.